The van der Waals surface area contributed by atoms with Crippen molar-refractivity contribution in [1.82, 2.24) is 4.31 Å². The van der Waals surface area contributed by atoms with Crippen LogP contribution in [0.2, 0.25) is 0 Å². The van der Waals surface area contributed by atoms with Crippen LogP contribution in [0, 0.1) is 5.82 Å². The Bertz CT molecular complexity index is 717. The van der Waals surface area contributed by atoms with E-state index in [0.717, 1.165) is 15.9 Å². The highest BCUT2D eigenvalue weighted by molar-refractivity contribution is 9.10. The summed E-state index contributed by atoms with van der Waals surface area (Å²) in [6.45, 7) is 0.178. The molecule has 0 radical (unpaired) electrons. The van der Waals surface area contributed by atoms with Crippen LogP contribution in [0.15, 0.2) is 38.3 Å². The highest BCUT2D eigenvalue weighted by Crippen LogP contribution is 2.28. The lowest BCUT2D eigenvalue weighted by Gasteiger charge is -2.17. The van der Waals surface area contributed by atoms with Gasteiger partial charge in [0, 0.05) is 19.3 Å². The van der Waals surface area contributed by atoms with Crippen LogP contribution < -0.4 is 5.73 Å². The number of sulfonamides is 1. The molecule has 0 spiro atoms. The highest BCUT2D eigenvalue weighted by atomic mass is 79.9. The zero-order chi connectivity index (χ0) is 14.9. The molecule has 2 N–H and O–H groups in total. The van der Waals surface area contributed by atoms with E-state index in [-0.39, 0.29) is 16.7 Å². The standard InChI is InChI=1S/C12H12BrFN2O2S2/c1-16(6-8-2-3-19-7-8)20(17,18)11-5-9(15)4-10(13)12(11)14/h2-5,7H,6,15H2,1H3. The van der Waals surface area contributed by atoms with Crippen molar-refractivity contribution < 1.29 is 12.8 Å². The maximum absolute atomic E-state index is 14.0. The first-order valence-electron chi connectivity index (χ1n) is 5.54. The first kappa shape index (κ1) is 15.4. The van der Waals surface area contributed by atoms with Gasteiger partial charge in [-0.2, -0.15) is 15.6 Å². The molecule has 0 saturated heterocycles. The Hall–Kier alpha value is -0.960. The van der Waals surface area contributed by atoms with E-state index in [1.807, 2.05) is 16.8 Å². The van der Waals surface area contributed by atoms with Crippen molar-refractivity contribution in [2.45, 2.75) is 11.4 Å². The average molecular weight is 379 g/mol. The monoisotopic (exact) mass is 378 g/mol. The molecule has 0 bridgehead atoms. The van der Waals surface area contributed by atoms with Crippen LogP contribution >= 0.6 is 27.3 Å². The van der Waals surface area contributed by atoms with Gasteiger partial charge >= 0.3 is 0 Å². The molecule has 20 heavy (non-hydrogen) atoms. The summed E-state index contributed by atoms with van der Waals surface area (Å²) in [4.78, 5) is -0.429. The molecule has 0 unspecified atom stereocenters. The van der Waals surface area contributed by atoms with Crippen LogP contribution in [-0.4, -0.2) is 19.8 Å². The lowest BCUT2D eigenvalue weighted by molar-refractivity contribution is 0.460. The van der Waals surface area contributed by atoms with Crippen molar-refractivity contribution in [3.8, 4) is 0 Å². The predicted molar refractivity (Wildman–Crippen MR) is 81.5 cm³/mol. The molecule has 0 fully saturated rings. The van der Waals surface area contributed by atoms with Gasteiger partial charge in [-0.05, 0) is 50.5 Å². The van der Waals surface area contributed by atoms with Crippen molar-refractivity contribution in [2.24, 2.45) is 0 Å². The quantitative estimate of drug-likeness (QED) is 0.831. The van der Waals surface area contributed by atoms with E-state index in [2.05, 4.69) is 15.9 Å². The smallest absolute Gasteiger partial charge is 0.246 e. The van der Waals surface area contributed by atoms with E-state index in [0.29, 0.717) is 0 Å². The highest BCUT2D eigenvalue weighted by Gasteiger charge is 2.26. The van der Waals surface area contributed by atoms with Crippen molar-refractivity contribution in [3.63, 3.8) is 0 Å². The normalized spacial score (nSPS) is 12.0. The lowest BCUT2D eigenvalue weighted by Crippen LogP contribution is -2.27. The minimum atomic E-state index is -3.94. The third kappa shape index (κ3) is 3.03. The number of hydrogen-bond donors (Lipinski definition) is 1. The SMILES string of the molecule is CN(Cc1ccsc1)S(=O)(=O)c1cc(N)cc(Br)c1F. The van der Waals surface area contributed by atoms with Gasteiger partial charge in [-0.3, -0.25) is 0 Å². The fourth-order valence-corrected chi connectivity index (χ4v) is 4.21. The van der Waals surface area contributed by atoms with Gasteiger partial charge in [0.15, 0.2) is 5.82 Å². The van der Waals surface area contributed by atoms with Crippen LogP contribution in [0.1, 0.15) is 5.56 Å². The number of thiophene rings is 1. The molecular formula is C12H12BrFN2O2S2. The van der Waals surface area contributed by atoms with Gasteiger partial charge in [0.2, 0.25) is 10.0 Å². The average Bonchev–Trinajstić information content (AvgIpc) is 2.86. The number of benzene rings is 1. The van der Waals surface area contributed by atoms with Crippen LogP contribution in [0.3, 0.4) is 0 Å². The number of nitrogen functional groups attached to an aromatic ring is 1. The second kappa shape index (κ2) is 5.80. The van der Waals surface area contributed by atoms with Gasteiger partial charge < -0.3 is 5.73 Å². The molecule has 0 aliphatic carbocycles. The molecule has 4 nitrogen and oxygen atoms in total. The first-order valence-corrected chi connectivity index (χ1v) is 8.72. The molecular weight excluding hydrogens is 367 g/mol. The molecule has 0 atom stereocenters. The molecule has 0 amide bonds. The largest absolute Gasteiger partial charge is 0.399 e. The van der Waals surface area contributed by atoms with Gasteiger partial charge in [-0.1, -0.05) is 0 Å². The number of nitrogens with two attached hydrogens (primary N) is 1. The molecule has 1 aromatic heterocycles. The number of hydrogen-bond acceptors (Lipinski definition) is 4. The third-order valence-electron chi connectivity index (χ3n) is 2.69. The minimum Gasteiger partial charge on any atom is -0.399 e. The number of anilines is 1. The van der Waals surface area contributed by atoms with Crippen molar-refractivity contribution in [1.29, 1.82) is 0 Å². The maximum atomic E-state index is 14.0. The summed E-state index contributed by atoms with van der Waals surface area (Å²) >= 11 is 4.44. The van der Waals surface area contributed by atoms with Gasteiger partial charge in [0.1, 0.15) is 4.90 Å². The van der Waals surface area contributed by atoms with E-state index < -0.39 is 20.7 Å². The summed E-state index contributed by atoms with van der Waals surface area (Å²) < 4.78 is 39.9. The Kier molecular flexibility index (Phi) is 4.48. The summed E-state index contributed by atoms with van der Waals surface area (Å²) in [5.41, 5.74) is 6.62. The van der Waals surface area contributed by atoms with Crippen molar-refractivity contribution >= 4 is 43.0 Å². The van der Waals surface area contributed by atoms with Crippen LogP contribution in [-0.2, 0) is 16.6 Å². The Morgan fingerprint density at radius 1 is 1.45 bits per heavy atom. The lowest BCUT2D eigenvalue weighted by atomic mass is 10.3. The van der Waals surface area contributed by atoms with E-state index >= 15 is 0 Å². The van der Waals surface area contributed by atoms with E-state index in [1.54, 1.807) is 0 Å². The topological polar surface area (TPSA) is 63.4 Å². The van der Waals surface area contributed by atoms with E-state index in [4.69, 9.17) is 5.73 Å². The van der Waals surface area contributed by atoms with Crippen molar-refractivity contribution in [2.75, 3.05) is 12.8 Å². The molecule has 2 rings (SSSR count). The molecule has 8 heteroatoms. The van der Waals surface area contributed by atoms with E-state index in [1.165, 1.54) is 24.5 Å². The number of rotatable bonds is 4. The summed E-state index contributed by atoms with van der Waals surface area (Å²) in [6.07, 6.45) is 0. The Labute approximate surface area is 129 Å². The van der Waals surface area contributed by atoms with Crippen LogP contribution in [0.4, 0.5) is 10.1 Å². The van der Waals surface area contributed by atoms with Gasteiger partial charge in [0.05, 0.1) is 4.47 Å². The molecule has 108 valence electrons. The van der Waals surface area contributed by atoms with Crippen molar-refractivity contribution in [3.05, 3.63) is 44.8 Å². The minimum absolute atomic E-state index is 0.0278. The zero-order valence-corrected chi connectivity index (χ0v) is 13.7. The number of nitrogens with zero attached hydrogens (tertiary/aromatic N) is 1. The number of halogens is 2. The second-order valence-corrected chi connectivity index (χ2v) is 7.86. The maximum Gasteiger partial charge on any atom is 0.246 e. The van der Waals surface area contributed by atoms with Gasteiger partial charge in [0.25, 0.3) is 0 Å². The second-order valence-electron chi connectivity index (χ2n) is 4.21. The Morgan fingerprint density at radius 3 is 2.75 bits per heavy atom. The molecule has 0 aliphatic heterocycles. The van der Waals surface area contributed by atoms with E-state index in [9.17, 15) is 12.8 Å². The van der Waals surface area contributed by atoms with Crippen LogP contribution in [0.5, 0.6) is 0 Å². The molecule has 1 heterocycles. The third-order valence-corrected chi connectivity index (χ3v) is 5.80. The molecule has 1 aromatic carbocycles. The summed E-state index contributed by atoms with van der Waals surface area (Å²) in [6, 6.07) is 4.27. The predicted octanol–water partition coefficient (Wildman–Crippen LogP) is 3.05. The van der Waals surface area contributed by atoms with Gasteiger partial charge in [-0.25, -0.2) is 12.8 Å². The summed E-state index contributed by atoms with van der Waals surface area (Å²) in [7, 11) is -2.53. The molecule has 0 saturated carbocycles. The first-order chi connectivity index (χ1) is 9.32. The van der Waals surface area contributed by atoms with Gasteiger partial charge in [-0.15, -0.1) is 0 Å². The Morgan fingerprint density at radius 2 is 2.15 bits per heavy atom. The fourth-order valence-electron chi connectivity index (χ4n) is 1.66. The summed E-state index contributed by atoms with van der Waals surface area (Å²) in [5.74, 6) is -0.837. The van der Waals surface area contributed by atoms with Crippen LogP contribution in [0.25, 0.3) is 0 Å². The fraction of sp³-hybridized carbons (Fsp3) is 0.167. The summed E-state index contributed by atoms with van der Waals surface area (Å²) in [5, 5.41) is 3.70. The molecule has 2 aromatic rings. The Balaban J connectivity index is 2.40. The zero-order valence-electron chi connectivity index (χ0n) is 10.5. The molecule has 0 aliphatic rings.